The predicted octanol–water partition coefficient (Wildman–Crippen LogP) is 3.28. The highest BCUT2D eigenvalue weighted by molar-refractivity contribution is 7.92. The summed E-state index contributed by atoms with van der Waals surface area (Å²) in [5.74, 6) is 1.02. The molecular formula is C20H20ClN9O3S. The van der Waals surface area contributed by atoms with Gasteiger partial charge in [0, 0.05) is 11.8 Å². The normalized spacial score (nSPS) is 11.2. The van der Waals surface area contributed by atoms with E-state index in [4.69, 9.17) is 16.3 Å². The van der Waals surface area contributed by atoms with Crippen LogP contribution >= 0.6 is 11.6 Å². The van der Waals surface area contributed by atoms with Crippen LogP contribution in [0, 0.1) is 6.92 Å². The first-order chi connectivity index (χ1) is 16.2. The van der Waals surface area contributed by atoms with E-state index >= 15 is 0 Å². The number of aromatic nitrogens is 6. The summed E-state index contributed by atoms with van der Waals surface area (Å²) in [5.41, 5.74) is 3.13. The molecule has 0 amide bonds. The van der Waals surface area contributed by atoms with Crippen LogP contribution in [0.2, 0.25) is 5.02 Å². The third kappa shape index (κ3) is 5.50. The van der Waals surface area contributed by atoms with Gasteiger partial charge < -0.3 is 15.4 Å². The van der Waals surface area contributed by atoms with Gasteiger partial charge in [-0.15, -0.1) is 5.10 Å². The van der Waals surface area contributed by atoms with E-state index in [0.717, 1.165) is 23.2 Å². The summed E-state index contributed by atoms with van der Waals surface area (Å²) in [6.07, 6.45) is 3.99. The second-order valence-corrected chi connectivity index (χ2v) is 9.34. The summed E-state index contributed by atoms with van der Waals surface area (Å²) in [6.45, 7) is 1.93. The van der Waals surface area contributed by atoms with Gasteiger partial charge in [-0.3, -0.25) is 4.72 Å². The number of rotatable bonds is 8. The van der Waals surface area contributed by atoms with Gasteiger partial charge in [0.1, 0.15) is 17.1 Å². The van der Waals surface area contributed by atoms with Crippen LogP contribution in [0.3, 0.4) is 0 Å². The number of nitrogens with one attached hydrogen (secondary N) is 3. The first-order valence-corrected chi connectivity index (χ1v) is 12.1. The molecule has 4 rings (SSSR count). The van der Waals surface area contributed by atoms with E-state index in [9.17, 15) is 8.42 Å². The number of nitrogens with zero attached hydrogens (tertiary/aromatic N) is 6. The average molecular weight is 502 g/mol. The maximum Gasteiger partial charge on any atom is 0.229 e. The van der Waals surface area contributed by atoms with E-state index in [1.165, 1.54) is 24.3 Å². The van der Waals surface area contributed by atoms with Crippen molar-refractivity contribution in [1.82, 2.24) is 30.2 Å². The molecule has 0 atom stereocenters. The number of benzene rings is 2. The first-order valence-electron chi connectivity index (χ1n) is 9.78. The lowest BCUT2D eigenvalue weighted by Crippen LogP contribution is -2.11. The van der Waals surface area contributed by atoms with E-state index in [1.54, 1.807) is 18.2 Å². The Morgan fingerprint density at radius 1 is 1.06 bits per heavy atom. The largest absolute Gasteiger partial charge is 0.497 e. The topological polar surface area (TPSA) is 149 Å². The highest BCUT2D eigenvalue weighted by Crippen LogP contribution is 2.32. The first kappa shape index (κ1) is 23.2. The Labute approximate surface area is 200 Å². The Morgan fingerprint density at radius 3 is 2.59 bits per heavy atom. The predicted molar refractivity (Wildman–Crippen MR) is 129 cm³/mol. The molecule has 0 aliphatic carbocycles. The third-order valence-corrected chi connectivity index (χ3v) is 5.47. The number of anilines is 5. The van der Waals surface area contributed by atoms with Gasteiger partial charge >= 0.3 is 0 Å². The van der Waals surface area contributed by atoms with Crippen molar-refractivity contribution in [3.05, 3.63) is 59.5 Å². The molecule has 34 heavy (non-hydrogen) atoms. The Bertz CT molecular complexity index is 1430. The number of hydrogen-bond acceptors (Lipinski definition) is 10. The van der Waals surface area contributed by atoms with Gasteiger partial charge in [-0.2, -0.15) is 4.98 Å². The molecule has 0 saturated heterocycles. The molecule has 12 nitrogen and oxygen atoms in total. The van der Waals surface area contributed by atoms with Gasteiger partial charge in [0.15, 0.2) is 5.82 Å². The Morgan fingerprint density at radius 2 is 1.88 bits per heavy atom. The summed E-state index contributed by atoms with van der Waals surface area (Å²) < 4.78 is 32.8. The molecular weight excluding hydrogens is 482 g/mol. The van der Waals surface area contributed by atoms with Crippen molar-refractivity contribution in [2.24, 2.45) is 0 Å². The molecule has 0 unspecified atom stereocenters. The number of tetrazole rings is 1. The van der Waals surface area contributed by atoms with Crippen LogP contribution in [0.5, 0.6) is 5.75 Å². The van der Waals surface area contributed by atoms with Crippen molar-refractivity contribution in [2.75, 3.05) is 28.7 Å². The molecule has 0 saturated carbocycles. The third-order valence-electron chi connectivity index (χ3n) is 4.60. The SMILES string of the molecule is COc1ccc(Nc2nc(Nc3cc(-n4cnnn4)ccc3C)ncc2Cl)c(NS(C)(=O)=O)c1. The second kappa shape index (κ2) is 9.49. The molecule has 2 aromatic carbocycles. The highest BCUT2D eigenvalue weighted by Gasteiger charge is 2.13. The lowest BCUT2D eigenvalue weighted by Gasteiger charge is -2.15. The molecule has 4 aromatic rings. The zero-order chi connectivity index (χ0) is 24.3. The molecule has 2 aromatic heterocycles. The van der Waals surface area contributed by atoms with Crippen LogP contribution in [0.15, 0.2) is 48.9 Å². The zero-order valence-corrected chi connectivity index (χ0v) is 19.9. The van der Waals surface area contributed by atoms with E-state index in [-0.39, 0.29) is 22.5 Å². The minimum absolute atomic E-state index is 0.242. The van der Waals surface area contributed by atoms with Crippen molar-refractivity contribution >= 4 is 50.5 Å². The number of ether oxygens (including phenoxy) is 1. The van der Waals surface area contributed by atoms with E-state index in [0.29, 0.717) is 11.4 Å². The van der Waals surface area contributed by atoms with Crippen LogP contribution in [-0.4, -0.2) is 52.0 Å². The summed E-state index contributed by atoms with van der Waals surface area (Å²) in [5, 5.41) is 17.7. The number of hydrogen-bond donors (Lipinski definition) is 3. The van der Waals surface area contributed by atoms with Crippen molar-refractivity contribution in [1.29, 1.82) is 0 Å². The number of aryl methyl sites for hydroxylation is 1. The molecule has 0 radical (unpaired) electrons. The fourth-order valence-corrected chi connectivity index (χ4v) is 3.68. The second-order valence-electron chi connectivity index (χ2n) is 7.18. The zero-order valence-electron chi connectivity index (χ0n) is 18.3. The van der Waals surface area contributed by atoms with Gasteiger partial charge in [-0.25, -0.2) is 18.1 Å². The molecule has 0 fully saturated rings. The van der Waals surface area contributed by atoms with Crippen molar-refractivity contribution in [3.8, 4) is 11.4 Å². The number of methoxy groups -OCH3 is 1. The summed E-state index contributed by atoms with van der Waals surface area (Å²) in [4.78, 5) is 8.70. The quantitative estimate of drug-likeness (QED) is 0.328. The maximum absolute atomic E-state index is 11.8. The molecule has 0 aliphatic heterocycles. The van der Waals surface area contributed by atoms with Crippen LogP contribution < -0.4 is 20.1 Å². The lowest BCUT2D eigenvalue weighted by molar-refractivity contribution is 0.415. The molecule has 0 aliphatic rings. The standard InChI is InChI=1S/C20H20ClN9O3S/c1-12-4-5-13(30-11-23-28-29-30)8-17(12)25-20-22-10-15(21)19(26-20)24-16-7-6-14(33-2)9-18(16)27-34(3,31)32/h4-11,27H,1-3H3,(H2,22,24,25,26). The van der Waals surface area contributed by atoms with Gasteiger partial charge in [0.2, 0.25) is 16.0 Å². The highest BCUT2D eigenvalue weighted by atomic mass is 35.5. The lowest BCUT2D eigenvalue weighted by atomic mass is 10.2. The smallest absolute Gasteiger partial charge is 0.229 e. The number of halogens is 1. The summed E-state index contributed by atoms with van der Waals surface area (Å²) >= 11 is 6.31. The average Bonchev–Trinajstić information content (AvgIpc) is 3.32. The van der Waals surface area contributed by atoms with E-state index in [1.807, 2.05) is 25.1 Å². The van der Waals surface area contributed by atoms with Gasteiger partial charge in [-0.1, -0.05) is 17.7 Å². The van der Waals surface area contributed by atoms with Crippen molar-refractivity contribution in [2.45, 2.75) is 6.92 Å². The van der Waals surface area contributed by atoms with Crippen molar-refractivity contribution < 1.29 is 13.2 Å². The fraction of sp³-hybridized carbons (Fsp3) is 0.150. The molecule has 176 valence electrons. The summed E-state index contributed by atoms with van der Waals surface area (Å²) in [7, 11) is -2.05. The minimum Gasteiger partial charge on any atom is -0.497 e. The van der Waals surface area contributed by atoms with E-state index < -0.39 is 10.0 Å². The molecule has 2 heterocycles. The Kier molecular flexibility index (Phi) is 6.47. The van der Waals surface area contributed by atoms with Gasteiger partial charge in [0.25, 0.3) is 0 Å². The number of sulfonamides is 1. The van der Waals surface area contributed by atoms with Crippen LogP contribution in [0.1, 0.15) is 5.56 Å². The fourth-order valence-electron chi connectivity index (χ4n) is 2.97. The molecule has 0 spiro atoms. The minimum atomic E-state index is -3.54. The summed E-state index contributed by atoms with van der Waals surface area (Å²) in [6, 6.07) is 10.5. The van der Waals surface area contributed by atoms with Crippen molar-refractivity contribution in [3.63, 3.8) is 0 Å². The van der Waals surface area contributed by atoms with E-state index in [2.05, 4.69) is 40.8 Å². The molecule has 3 N–H and O–H groups in total. The van der Waals surface area contributed by atoms with Crippen LogP contribution in [-0.2, 0) is 10.0 Å². The Hall–Kier alpha value is -3.97. The maximum atomic E-state index is 11.8. The van der Waals surface area contributed by atoms with Crippen LogP contribution in [0.25, 0.3) is 5.69 Å². The Balaban J connectivity index is 1.64. The van der Waals surface area contributed by atoms with Gasteiger partial charge in [0.05, 0.1) is 36.6 Å². The monoisotopic (exact) mass is 501 g/mol. The van der Waals surface area contributed by atoms with Crippen LogP contribution in [0.4, 0.5) is 28.8 Å². The molecule has 0 bridgehead atoms. The molecule has 14 heteroatoms. The van der Waals surface area contributed by atoms with Gasteiger partial charge in [-0.05, 0) is 47.2 Å².